The van der Waals surface area contributed by atoms with Gasteiger partial charge in [0.15, 0.2) is 0 Å². The molecule has 0 amide bonds. The normalized spacial score (nSPS) is 13.8. The van der Waals surface area contributed by atoms with Crippen LogP contribution in [0.5, 0.6) is 0 Å². The van der Waals surface area contributed by atoms with E-state index in [2.05, 4.69) is 15.6 Å². The lowest BCUT2D eigenvalue weighted by Crippen LogP contribution is -2.41. The van der Waals surface area contributed by atoms with E-state index in [9.17, 15) is 9.90 Å². The third-order valence-corrected chi connectivity index (χ3v) is 3.54. The molecule has 2 atom stereocenters. The van der Waals surface area contributed by atoms with Gasteiger partial charge in [0.2, 0.25) is 0 Å². The van der Waals surface area contributed by atoms with Gasteiger partial charge in [-0.3, -0.25) is 10.1 Å². The lowest BCUT2D eigenvalue weighted by atomic mass is 9.99. The molecule has 1 aromatic heterocycles. The number of aliphatic carboxylic acids is 1. The first-order valence-electron chi connectivity index (χ1n) is 7.04. The van der Waals surface area contributed by atoms with Gasteiger partial charge in [-0.1, -0.05) is 43.7 Å². The Kier molecular flexibility index (Phi) is 5.05. The third kappa shape index (κ3) is 3.88. The molecule has 0 spiro atoms. The van der Waals surface area contributed by atoms with Crippen molar-refractivity contribution in [3.63, 3.8) is 0 Å². The van der Waals surface area contributed by atoms with E-state index in [1.807, 2.05) is 44.2 Å². The third-order valence-electron chi connectivity index (χ3n) is 3.54. The molecule has 0 unspecified atom stereocenters. The summed E-state index contributed by atoms with van der Waals surface area (Å²) in [6, 6.07) is 9.09. The fourth-order valence-electron chi connectivity index (χ4n) is 2.07. The number of rotatable bonds is 7. The fraction of sp³-hybridized carbons (Fsp3) is 0.400. The van der Waals surface area contributed by atoms with Crippen molar-refractivity contribution in [1.29, 1.82) is 0 Å². The monoisotopic (exact) mass is 288 g/mol. The van der Waals surface area contributed by atoms with Crippen LogP contribution in [0.25, 0.3) is 5.69 Å². The van der Waals surface area contributed by atoms with Gasteiger partial charge >= 0.3 is 5.97 Å². The maximum atomic E-state index is 11.2. The summed E-state index contributed by atoms with van der Waals surface area (Å²) in [6.45, 7) is 4.29. The van der Waals surface area contributed by atoms with Crippen LogP contribution in [0.15, 0.2) is 36.5 Å². The standard InChI is InChI=1S/C15H20N4O2/c1-3-11(2)14(15(20)21)16-9-12-10-19(18-17-12)13-7-5-4-6-8-13/h4-8,10-11,14,16H,3,9H2,1-2H3,(H,20,21)/t11-,14-/m0/s1. The molecule has 2 aromatic rings. The first-order chi connectivity index (χ1) is 10.1. The van der Waals surface area contributed by atoms with Crippen molar-refractivity contribution >= 4 is 5.97 Å². The highest BCUT2D eigenvalue weighted by atomic mass is 16.4. The van der Waals surface area contributed by atoms with Crippen molar-refractivity contribution in [1.82, 2.24) is 20.3 Å². The lowest BCUT2D eigenvalue weighted by molar-refractivity contribution is -0.140. The lowest BCUT2D eigenvalue weighted by Gasteiger charge is -2.19. The predicted molar refractivity (Wildman–Crippen MR) is 79.1 cm³/mol. The van der Waals surface area contributed by atoms with Crippen molar-refractivity contribution in [2.24, 2.45) is 5.92 Å². The van der Waals surface area contributed by atoms with Crippen molar-refractivity contribution in [2.45, 2.75) is 32.9 Å². The van der Waals surface area contributed by atoms with Crippen molar-refractivity contribution in [2.75, 3.05) is 0 Å². The summed E-state index contributed by atoms with van der Waals surface area (Å²) in [4.78, 5) is 11.2. The minimum absolute atomic E-state index is 0.0617. The summed E-state index contributed by atoms with van der Waals surface area (Å²) in [6.07, 6.45) is 2.61. The van der Waals surface area contributed by atoms with Crippen LogP contribution in [0.1, 0.15) is 26.0 Å². The van der Waals surface area contributed by atoms with Crippen LogP contribution in [0, 0.1) is 5.92 Å². The number of nitrogens with zero attached hydrogens (tertiary/aromatic N) is 3. The first-order valence-corrected chi connectivity index (χ1v) is 7.04. The SMILES string of the molecule is CC[C@H](C)[C@H](NCc1cn(-c2ccccc2)nn1)C(=O)O. The van der Waals surface area contributed by atoms with Crippen LogP contribution < -0.4 is 5.32 Å². The van der Waals surface area contributed by atoms with Crippen LogP contribution in [0.4, 0.5) is 0 Å². The smallest absolute Gasteiger partial charge is 0.320 e. The number of benzene rings is 1. The largest absolute Gasteiger partial charge is 0.480 e. The molecule has 6 heteroatoms. The fourth-order valence-corrected chi connectivity index (χ4v) is 2.07. The van der Waals surface area contributed by atoms with Gasteiger partial charge in [-0.05, 0) is 18.1 Å². The predicted octanol–water partition coefficient (Wildman–Crippen LogP) is 1.86. The number of para-hydroxylation sites is 1. The molecule has 112 valence electrons. The average Bonchev–Trinajstić information content (AvgIpc) is 2.96. The first kappa shape index (κ1) is 15.2. The molecule has 0 saturated carbocycles. The minimum Gasteiger partial charge on any atom is -0.480 e. The zero-order valence-corrected chi connectivity index (χ0v) is 12.2. The minimum atomic E-state index is -0.834. The molecule has 21 heavy (non-hydrogen) atoms. The molecule has 6 nitrogen and oxygen atoms in total. The number of hydrogen-bond donors (Lipinski definition) is 2. The van der Waals surface area contributed by atoms with Gasteiger partial charge in [-0.25, -0.2) is 4.68 Å². The summed E-state index contributed by atoms with van der Waals surface area (Å²) < 4.78 is 1.68. The molecule has 0 aliphatic carbocycles. The second-order valence-electron chi connectivity index (χ2n) is 5.07. The molecule has 1 heterocycles. The molecule has 0 aliphatic rings. The second-order valence-corrected chi connectivity index (χ2v) is 5.07. The van der Waals surface area contributed by atoms with Crippen LogP contribution in [0.3, 0.4) is 0 Å². The van der Waals surface area contributed by atoms with Gasteiger partial charge in [0.05, 0.1) is 17.6 Å². The zero-order valence-electron chi connectivity index (χ0n) is 12.2. The van der Waals surface area contributed by atoms with E-state index in [1.54, 1.807) is 10.9 Å². The average molecular weight is 288 g/mol. The summed E-state index contributed by atoms with van der Waals surface area (Å²) in [5, 5.41) is 20.4. The molecule has 0 aliphatic heterocycles. The van der Waals surface area contributed by atoms with Gasteiger partial charge in [-0.2, -0.15) is 0 Å². The van der Waals surface area contributed by atoms with E-state index >= 15 is 0 Å². The van der Waals surface area contributed by atoms with E-state index in [0.717, 1.165) is 12.1 Å². The van der Waals surface area contributed by atoms with Crippen molar-refractivity contribution in [3.8, 4) is 5.69 Å². The molecule has 1 aromatic carbocycles. The molecule has 0 radical (unpaired) electrons. The van der Waals surface area contributed by atoms with Crippen molar-refractivity contribution in [3.05, 3.63) is 42.2 Å². The molecule has 0 fully saturated rings. The maximum absolute atomic E-state index is 11.2. The van der Waals surface area contributed by atoms with Gasteiger partial charge < -0.3 is 5.11 Å². The van der Waals surface area contributed by atoms with E-state index in [4.69, 9.17) is 0 Å². The molecular weight excluding hydrogens is 268 g/mol. The molecule has 2 N–H and O–H groups in total. The van der Waals surface area contributed by atoms with E-state index < -0.39 is 12.0 Å². The Bertz CT molecular complexity index is 582. The Morgan fingerprint density at radius 3 is 2.71 bits per heavy atom. The Labute approximate surface area is 123 Å². The summed E-state index contributed by atoms with van der Waals surface area (Å²) >= 11 is 0. The van der Waals surface area contributed by atoms with E-state index in [0.29, 0.717) is 12.2 Å². The summed E-state index contributed by atoms with van der Waals surface area (Å²) in [7, 11) is 0. The van der Waals surface area contributed by atoms with E-state index in [1.165, 1.54) is 0 Å². The van der Waals surface area contributed by atoms with Gasteiger partial charge in [0.25, 0.3) is 0 Å². The number of carboxylic acid groups (broad SMARTS) is 1. The van der Waals surface area contributed by atoms with Crippen LogP contribution in [-0.4, -0.2) is 32.1 Å². The quantitative estimate of drug-likeness (QED) is 0.813. The molecule has 2 rings (SSSR count). The number of nitrogens with one attached hydrogen (secondary N) is 1. The van der Waals surface area contributed by atoms with Crippen LogP contribution in [0.2, 0.25) is 0 Å². The Hall–Kier alpha value is -2.21. The highest BCUT2D eigenvalue weighted by Crippen LogP contribution is 2.10. The summed E-state index contributed by atoms with van der Waals surface area (Å²) in [5.41, 5.74) is 1.64. The molecular formula is C15H20N4O2. The van der Waals surface area contributed by atoms with Crippen molar-refractivity contribution < 1.29 is 9.90 Å². The van der Waals surface area contributed by atoms with Gasteiger partial charge in [0.1, 0.15) is 6.04 Å². The topological polar surface area (TPSA) is 80.0 Å². The summed E-state index contributed by atoms with van der Waals surface area (Å²) in [5.74, 6) is -0.772. The maximum Gasteiger partial charge on any atom is 0.320 e. The highest BCUT2D eigenvalue weighted by Gasteiger charge is 2.22. The van der Waals surface area contributed by atoms with E-state index in [-0.39, 0.29) is 5.92 Å². The Morgan fingerprint density at radius 2 is 2.10 bits per heavy atom. The zero-order chi connectivity index (χ0) is 15.2. The molecule has 0 bridgehead atoms. The van der Waals surface area contributed by atoms with Crippen LogP contribution >= 0.6 is 0 Å². The molecule has 0 saturated heterocycles. The number of hydrogen-bond acceptors (Lipinski definition) is 4. The van der Waals surface area contributed by atoms with Gasteiger partial charge in [-0.15, -0.1) is 5.10 Å². The Morgan fingerprint density at radius 1 is 1.38 bits per heavy atom. The number of carbonyl (C=O) groups is 1. The number of aromatic nitrogens is 3. The second kappa shape index (κ2) is 6.99. The Balaban J connectivity index is 2.01. The van der Waals surface area contributed by atoms with Gasteiger partial charge in [0, 0.05) is 6.54 Å². The van der Waals surface area contributed by atoms with Crippen LogP contribution in [-0.2, 0) is 11.3 Å². The number of carboxylic acids is 1. The highest BCUT2D eigenvalue weighted by molar-refractivity contribution is 5.73.